The maximum Gasteiger partial charge on any atom is 0.355 e. The monoisotopic (exact) mass is 414 g/mol. The molecule has 0 saturated carbocycles. The van der Waals surface area contributed by atoms with Gasteiger partial charge in [0.2, 0.25) is 0 Å². The molecule has 1 aromatic heterocycles. The summed E-state index contributed by atoms with van der Waals surface area (Å²) in [5.41, 5.74) is 3.02. The molecule has 162 valence electrons. The van der Waals surface area contributed by atoms with Gasteiger partial charge in [0.05, 0.1) is 12.7 Å². The molecule has 30 heavy (non-hydrogen) atoms. The summed E-state index contributed by atoms with van der Waals surface area (Å²) in [5.74, 6) is 0.155. The summed E-state index contributed by atoms with van der Waals surface area (Å²) >= 11 is 0. The molecule has 1 aliphatic heterocycles. The predicted molar refractivity (Wildman–Crippen MR) is 113 cm³/mol. The molecule has 2 aromatic rings. The molecule has 0 bridgehead atoms. The molecule has 1 amide bonds. The van der Waals surface area contributed by atoms with Crippen LogP contribution in [-0.2, 0) is 20.8 Å². The first-order chi connectivity index (χ1) is 14.5. The Labute approximate surface area is 177 Å². The summed E-state index contributed by atoms with van der Waals surface area (Å²) in [6.07, 6.45) is 1.96. The Hall–Kier alpha value is -2.80. The van der Waals surface area contributed by atoms with Gasteiger partial charge in [-0.25, -0.2) is 4.79 Å². The summed E-state index contributed by atoms with van der Waals surface area (Å²) < 4.78 is 16.6. The molecule has 1 fully saturated rings. The first kappa shape index (κ1) is 21.9. The number of esters is 1. The summed E-state index contributed by atoms with van der Waals surface area (Å²) in [4.78, 5) is 30.1. The van der Waals surface area contributed by atoms with Gasteiger partial charge in [-0.15, -0.1) is 0 Å². The van der Waals surface area contributed by atoms with Gasteiger partial charge in [0.15, 0.2) is 6.61 Å². The second-order valence-corrected chi connectivity index (χ2v) is 7.46. The van der Waals surface area contributed by atoms with E-state index in [9.17, 15) is 9.59 Å². The highest BCUT2D eigenvalue weighted by Gasteiger charge is 2.26. The second-order valence-electron chi connectivity index (χ2n) is 7.46. The van der Waals surface area contributed by atoms with E-state index in [0.717, 1.165) is 36.3 Å². The number of aromatic amines is 1. The van der Waals surface area contributed by atoms with Crippen LogP contribution in [-0.4, -0.2) is 54.2 Å². The van der Waals surface area contributed by atoms with Crippen LogP contribution in [0.15, 0.2) is 30.3 Å². The van der Waals surface area contributed by atoms with Gasteiger partial charge in [0.25, 0.3) is 5.91 Å². The molecule has 0 radical (unpaired) electrons. The lowest BCUT2D eigenvalue weighted by Crippen LogP contribution is -2.39. The van der Waals surface area contributed by atoms with Crippen LogP contribution in [0.4, 0.5) is 0 Å². The minimum atomic E-state index is -0.381. The lowest BCUT2D eigenvalue weighted by Gasteiger charge is -2.26. The van der Waals surface area contributed by atoms with E-state index in [2.05, 4.69) is 4.98 Å². The van der Waals surface area contributed by atoms with Gasteiger partial charge < -0.3 is 24.1 Å². The number of amides is 1. The summed E-state index contributed by atoms with van der Waals surface area (Å²) in [6, 6.07) is 9.28. The fourth-order valence-corrected chi connectivity index (χ4v) is 3.67. The predicted octanol–water partition coefficient (Wildman–Crippen LogP) is 3.39. The maximum atomic E-state index is 13.0. The van der Waals surface area contributed by atoms with Crippen molar-refractivity contribution in [2.45, 2.75) is 46.3 Å². The number of nitrogens with one attached hydrogen (secondary N) is 1. The van der Waals surface area contributed by atoms with Crippen molar-refractivity contribution in [3.05, 3.63) is 52.8 Å². The Morgan fingerprint density at radius 1 is 1.23 bits per heavy atom. The number of para-hydroxylation sites is 1. The molecule has 0 aliphatic carbocycles. The third-order valence-electron chi connectivity index (χ3n) is 5.33. The van der Waals surface area contributed by atoms with E-state index >= 15 is 0 Å². The van der Waals surface area contributed by atoms with E-state index in [1.165, 1.54) is 0 Å². The number of H-pyrrole nitrogens is 1. The van der Waals surface area contributed by atoms with E-state index in [1.807, 2.05) is 44.2 Å². The van der Waals surface area contributed by atoms with Crippen LogP contribution >= 0.6 is 0 Å². The highest BCUT2D eigenvalue weighted by molar-refractivity contribution is 5.90. The molecule has 1 aromatic carbocycles. The Kier molecular flexibility index (Phi) is 7.52. The number of aromatic nitrogens is 1. The van der Waals surface area contributed by atoms with E-state index in [0.29, 0.717) is 31.1 Å². The minimum absolute atomic E-state index is 0.0229. The van der Waals surface area contributed by atoms with Crippen LogP contribution < -0.4 is 4.74 Å². The van der Waals surface area contributed by atoms with Crippen molar-refractivity contribution < 1.29 is 23.8 Å². The zero-order valence-corrected chi connectivity index (χ0v) is 17.9. The SMILES string of the molecule is CCOC(=O)c1[nH]c(C)c(CN(C[C@@H]2CCCO2)C(=O)COc2ccccc2)c1C. The molecule has 7 nitrogen and oxygen atoms in total. The van der Waals surface area contributed by atoms with Gasteiger partial charge in [-0.05, 0) is 56.9 Å². The normalized spacial score (nSPS) is 15.8. The Morgan fingerprint density at radius 3 is 2.67 bits per heavy atom. The topological polar surface area (TPSA) is 80.9 Å². The first-order valence-electron chi connectivity index (χ1n) is 10.4. The van der Waals surface area contributed by atoms with E-state index in [1.54, 1.807) is 11.8 Å². The van der Waals surface area contributed by atoms with Gasteiger partial charge >= 0.3 is 5.97 Å². The average molecular weight is 415 g/mol. The molecule has 1 N–H and O–H groups in total. The van der Waals surface area contributed by atoms with Crippen LogP contribution in [0, 0.1) is 13.8 Å². The standard InChI is InChI=1S/C23H30N2O5/c1-4-28-23(27)22-16(2)20(17(3)24-22)14-25(13-19-11-8-12-29-19)21(26)15-30-18-9-6-5-7-10-18/h5-7,9-10,19,24H,4,8,11-15H2,1-3H3/t19-/m0/s1. The maximum absolute atomic E-state index is 13.0. The van der Waals surface area contributed by atoms with Crippen LogP contribution in [0.5, 0.6) is 5.75 Å². The van der Waals surface area contributed by atoms with E-state index < -0.39 is 0 Å². The van der Waals surface area contributed by atoms with Gasteiger partial charge in [0, 0.05) is 25.4 Å². The Bertz CT molecular complexity index is 856. The van der Waals surface area contributed by atoms with Crippen LogP contribution in [0.2, 0.25) is 0 Å². The second kappa shape index (κ2) is 10.3. The number of benzene rings is 1. The number of rotatable bonds is 9. The number of hydrogen-bond acceptors (Lipinski definition) is 5. The van der Waals surface area contributed by atoms with Gasteiger partial charge in [-0.2, -0.15) is 0 Å². The van der Waals surface area contributed by atoms with Crippen LogP contribution in [0.1, 0.15) is 47.1 Å². The Morgan fingerprint density at radius 2 is 2.00 bits per heavy atom. The molecule has 2 heterocycles. The van der Waals surface area contributed by atoms with Gasteiger partial charge in [-0.3, -0.25) is 4.79 Å². The molecule has 3 rings (SSSR count). The molecule has 1 saturated heterocycles. The lowest BCUT2D eigenvalue weighted by molar-refractivity contribution is -0.135. The molecule has 0 spiro atoms. The van der Waals surface area contributed by atoms with Gasteiger partial charge in [-0.1, -0.05) is 18.2 Å². The number of ether oxygens (including phenoxy) is 3. The highest BCUT2D eigenvalue weighted by atomic mass is 16.5. The number of carbonyl (C=O) groups is 2. The van der Waals surface area contributed by atoms with Crippen molar-refractivity contribution in [3.63, 3.8) is 0 Å². The van der Waals surface area contributed by atoms with Crippen molar-refractivity contribution in [2.24, 2.45) is 0 Å². The molecular formula is C23H30N2O5. The third-order valence-corrected chi connectivity index (χ3v) is 5.33. The number of nitrogens with zero attached hydrogens (tertiary/aromatic N) is 1. The Balaban J connectivity index is 1.75. The summed E-state index contributed by atoms with van der Waals surface area (Å²) in [6.45, 7) is 7.41. The van der Waals surface area contributed by atoms with Crippen molar-refractivity contribution in [3.8, 4) is 5.75 Å². The third kappa shape index (κ3) is 5.42. The number of hydrogen-bond donors (Lipinski definition) is 1. The summed E-state index contributed by atoms with van der Waals surface area (Å²) in [5, 5.41) is 0. The van der Waals surface area contributed by atoms with Crippen LogP contribution in [0.3, 0.4) is 0 Å². The van der Waals surface area contributed by atoms with E-state index in [-0.39, 0.29) is 24.6 Å². The first-order valence-corrected chi connectivity index (χ1v) is 10.4. The van der Waals surface area contributed by atoms with Crippen molar-refractivity contribution in [1.29, 1.82) is 0 Å². The molecule has 0 unspecified atom stereocenters. The fraction of sp³-hybridized carbons (Fsp3) is 0.478. The minimum Gasteiger partial charge on any atom is -0.484 e. The smallest absolute Gasteiger partial charge is 0.355 e. The van der Waals surface area contributed by atoms with Crippen molar-refractivity contribution in [1.82, 2.24) is 9.88 Å². The van der Waals surface area contributed by atoms with Crippen molar-refractivity contribution >= 4 is 11.9 Å². The summed E-state index contributed by atoms with van der Waals surface area (Å²) in [7, 11) is 0. The zero-order valence-electron chi connectivity index (χ0n) is 17.9. The molecule has 7 heteroatoms. The largest absolute Gasteiger partial charge is 0.484 e. The van der Waals surface area contributed by atoms with Crippen molar-refractivity contribution in [2.75, 3.05) is 26.4 Å². The molecule has 1 aliphatic rings. The quantitative estimate of drug-likeness (QED) is 0.636. The van der Waals surface area contributed by atoms with Crippen LogP contribution in [0.25, 0.3) is 0 Å². The lowest BCUT2D eigenvalue weighted by atomic mass is 10.1. The molecule has 1 atom stereocenters. The fourth-order valence-electron chi connectivity index (χ4n) is 3.67. The number of carbonyl (C=O) groups excluding carboxylic acids is 2. The van der Waals surface area contributed by atoms with E-state index in [4.69, 9.17) is 14.2 Å². The number of aryl methyl sites for hydroxylation is 1. The average Bonchev–Trinajstić information content (AvgIpc) is 3.35. The highest BCUT2D eigenvalue weighted by Crippen LogP contribution is 2.22. The molecular weight excluding hydrogens is 384 g/mol. The zero-order chi connectivity index (χ0) is 21.5. The van der Waals surface area contributed by atoms with Gasteiger partial charge in [0.1, 0.15) is 11.4 Å².